The third-order valence-electron chi connectivity index (χ3n) is 4.00. The van der Waals surface area contributed by atoms with Gasteiger partial charge in [0.05, 0.1) is 17.3 Å². The van der Waals surface area contributed by atoms with E-state index in [1.54, 1.807) is 30.6 Å². The first kappa shape index (κ1) is 16.1. The van der Waals surface area contributed by atoms with Crippen LogP contribution in [0.4, 0.5) is 4.39 Å². The lowest BCUT2D eigenvalue weighted by Crippen LogP contribution is -1.87. The molecule has 0 aliphatic carbocycles. The second kappa shape index (κ2) is 6.87. The van der Waals surface area contributed by atoms with Gasteiger partial charge in [0.15, 0.2) is 0 Å². The fourth-order valence-corrected chi connectivity index (χ4v) is 3.58. The second-order valence-corrected chi connectivity index (χ2v) is 6.52. The normalized spacial score (nSPS) is 10.5. The molecule has 0 unspecified atom stereocenters. The molecule has 0 radical (unpaired) electrons. The van der Waals surface area contributed by atoms with Gasteiger partial charge in [0.1, 0.15) is 10.8 Å². The van der Waals surface area contributed by atoms with Crippen LogP contribution < -0.4 is 0 Å². The molecule has 0 N–H and O–H groups in total. The van der Waals surface area contributed by atoms with Crippen molar-refractivity contribution in [2.45, 2.75) is 0 Å². The van der Waals surface area contributed by atoms with Gasteiger partial charge in [-0.05, 0) is 41.5 Å². The van der Waals surface area contributed by atoms with Crippen LogP contribution in [0.5, 0.6) is 0 Å². The van der Waals surface area contributed by atoms with Crippen molar-refractivity contribution in [1.82, 2.24) is 9.97 Å². The van der Waals surface area contributed by atoms with Gasteiger partial charge in [-0.15, -0.1) is 11.3 Å². The number of hydrogen-bond acceptors (Lipinski definition) is 4. The molecule has 0 saturated heterocycles. The topological polar surface area (TPSA) is 49.6 Å². The highest BCUT2D eigenvalue weighted by molar-refractivity contribution is 7.13. The highest BCUT2D eigenvalue weighted by atomic mass is 32.1. The summed E-state index contributed by atoms with van der Waals surface area (Å²) in [5.41, 5.74) is 5.07. The fourth-order valence-electron chi connectivity index (χ4n) is 2.72. The van der Waals surface area contributed by atoms with Gasteiger partial charge in [-0.3, -0.25) is 4.98 Å². The zero-order valence-electron chi connectivity index (χ0n) is 13.6. The summed E-state index contributed by atoms with van der Waals surface area (Å²) in [6.45, 7) is 0. The second-order valence-electron chi connectivity index (χ2n) is 5.66. The lowest BCUT2D eigenvalue weighted by molar-refractivity contribution is 0.628. The van der Waals surface area contributed by atoms with Crippen molar-refractivity contribution in [3.63, 3.8) is 0 Å². The third-order valence-corrected chi connectivity index (χ3v) is 4.87. The molecule has 0 saturated carbocycles. The summed E-state index contributed by atoms with van der Waals surface area (Å²) >= 11 is 1.51. The first-order valence-electron chi connectivity index (χ1n) is 7.91. The van der Waals surface area contributed by atoms with Gasteiger partial charge < -0.3 is 0 Å². The Kier molecular flexibility index (Phi) is 4.26. The fraction of sp³-hybridized carbons (Fsp3) is 0. The summed E-state index contributed by atoms with van der Waals surface area (Å²) < 4.78 is 13.2. The average molecular weight is 357 g/mol. The Labute approximate surface area is 154 Å². The molecule has 26 heavy (non-hydrogen) atoms. The molecule has 0 atom stereocenters. The molecule has 5 heteroatoms. The average Bonchev–Trinajstić information content (AvgIpc) is 3.19. The van der Waals surface area contributed by atoms with Crippen LogP contribution in [-0.4, -0.2) is 9.97 Å². The van der Waals surface area contributed by atoms with E-state index >= 15 is 0 Å². The lowest BCUT2D eigenvalue weighted by atomic mass is 10.0. The van der Waals surface area contributed by atoms with E-state index in [0.717, 1.165) is 33.0 Å². The van der Waals surface area contributed by atoms with Crippen molar-refractivity contribution in [2.75, 3.05) is 0 Å². The highest BCUT2D eigenvalue weighted by Crippen LogP contribution is 2.35. The summed E-state index contributed by atoms with van der Waals surface area (Å²) in [5, 5.41) is 11.9. The van der Waals surface area contributed by atoms with Crippen LogP contribution in [0, 0.1) is 17.1 Å². The number of rotatable bonds is 3. The van der Waals surface area contributed by atoms with Gasteiger partial charge in [-0.1, -0.05) is 24.3 Å². The summed E-state index contributed by atoms with van der Waals surface area (Å²) in [6, 6.07) is 17.8. The van der Waals surface area contributed by atoms with Crippen LogP contribution in [0.2, 0.25) is 0 Å². The number of pyridine rings is 1. The number of benzene rings is 2. The third kappa shape index (κ3) is 3.10. The predicted octanol–water partition coefficient (Wildman–Crippen LogP) is 5.55. The molecule has 2 aromatic carbocycles. The molecule has 3 nitrogen and oxygen atoms in total. The Morgan fingerprint density at radius 1 is 0.962 bits per heavy atom. The maximum Gasteiger partial charge on any atom is 0.126 e. The molecule has 0 fully saturated rings. The van der Waals surface area contributed by atoms with Crippen LogP contribution in [0.3, 0.4) is 0 Å². The molecule has 0 bridgehead atoms. The van der Waals surface area contributed by atoms with Crippen LogP contribution in [0.25, 0.3) is 33.0 Å². The van der Waals surface area contributed by atoms with Crippen LogP contribution >= 0.6 is 11.3 Å². The Bertz CT molecular complexity index is 1110. The molecular weight excluding hydrogens is 345 g/mol. The Morgan fingerprint density at radius 3 is 2.62 bits per heavy atom. The van der Waals surface area contributed by atoms with Gasteiger partial charge in [-0.25, -0.2) is 9.37 Å². The standard InChI is InChI=1S/C21H12FN3S/c22-17-6-4-15(5-7-17)18-8-9-24-12-19(18)21-25-20(13-26-21)16-3-1-2-14(10-16)11-23/h1-10,12-13H. The van der Waals surface area contributed by atoms with E-state index in [1.807, 2.05) is 29.6 Å². The minimum absolute atomic E-state index is 0.265. The van der Waals surface area contributed by atoms with Gasteiger partial charge in [0, 0.05) is 28.9 Å². The van der Waals surface area contributed by atoms with Crippen molar-refractivity contribution < 1.29 is 4.39 Å². The highest BCUT2D eigenvalue weighted by Gasteiger charge is 2.12. The van der Waals surface area contributed by atoms with Gasteiger partial charge in [-0.2, -0.15) is 5.26 Å². The summed E-state index contributed by atoms with van der Waals surface area (Å²) in [4.78, 5) is 8.95. The SMILES string of the molecule is N#Cc1cccc(-c2csc(-c3cnccc3-c3ccc(F)cc3)n2)c1. The first-order valence-corrected chi connectivity index (χ1v) is 8.79. The summed E-state index contributed by atoms with van der Waals surface area (Å²) in [7, 11) is 0. The zero-order valence-corrected chi connectivity index (χ0v) is 14.4. The summed E-state index contributed by atoms with van der Waals surface area (Å²) in [6.07, 6.45) is 3.49. The minimum Gasteiger partial charge on any atom is -0.264 e. The van der Waals surface area contributed by atoms with Crippen molar-refractivity contribution >= 4 is 11.3 Å². The van der Waals surface area contributed by atoms with Crippen molar-refractivity contribution in [3.8, 4) is 39.0 Å². The van der Waals surface area contributed by atoms with E-state index in [4.69, 9.17) is 10.2 Å². The summed E-state index contributed by atoms with van der Waals surface area (Å²) in [5.74, 6) is -0.265. The van der Waals surface area contributed by atoms with Crippen LogP contribution in [0.15, 0.2) is 72.4 Å². The first-order chi connectivity index (χ1) is 12.7. The van der Waals surface area contributed by atoms with E-state index in [1.165, 1.54) is 23.5 Å². The molecule has 4 rings (SSSR count). The number of hydrogen-bond donors (Lipinski definition) is 0. The number of thiazole rings is 1. The van der Waals surface area contributed by atoms with E-state index in [-0.39, 0.29) is 5.82 Å². The Hall–Kier alpha value is -3.36. The van der Waals surface area contributed by atoms with Gasteiger partial charge >= 0.3 is 0 Å². The quantitative estimate of drug-likeness (QED) is 0.483. The van der Waals surface area contributed by atoms with E-state index in [9.17, 15) is 4.39 Å². The minimum atomic E-state index is -0.265. The van der Waals surface area contributed by atoms with E-state index < -0.39 is 0 Å². The van der Waals surface area contributed by atoms with E-state index in [0.29, 0.717) is 5.56 Å². The van der Waals surface area contributed by atoms with Gasteiger partial charge in [0.2, 0.25) is 0 Å². The number of aromatic nitrogens is 2. The molecule has 0 aliphatic heterocycles. The zero-order chi connectivity index (χ0) is 17.9. The van der Waals surface area contributed by atoms with Crippen molar-refractivity contribution in [3.05, 3.63) is 83.8 Å². The van der Waals surface area contributed by atoms with Crippen LogP contribution in [-0.2, 0) is 0 Å². The number of halogens is 1. The Morgan fingerprint density at radius 2 is 1.81 bits per heavy atom. The van der Waals surface area contributed by atoms with E-state index in [2.05, 4.69) is 11.1 Å². The molecule has 0 amide bonds. The van der Waals surface area contributed by atoms with Crippen molar-refractivity contribution in [2.24, 2.45) is 0 Å². The Balaban J connectivity index is 1.77. The maximum atomic E-state index is 13.2. The predicted molar refractivity (Wildman–Crippen MR) is 101 cm³/mol. The van der Waals surface area contributed by atoms with Crippen molar-refractivity contribution in [1.29, 1.82) is 5.26 Å². The largest absolute Gasteiger partial charge is 0.264 e. The van der Waals surface area contributed by atoms with Gasteiger partial charge in [0.25, 0.3) is 0 Å². The molecule has 124 valence electrons. The number of nitrogens with zero attached hydrogens (tertiary/aromatic N) is 3. The molecule has 2 aromatic heterocycles. The maximum absolute atomic E-state index is 13.2. The molecule has 4 aromatic rings. The molecule has 0 spiro atoms. The monoisotopic (exact) mass is 357 g/mol. The molecular formula is C21H12FN3S. The molecule has 2 heterocycles. The lowest BCUT2D eigenvalue weighted by Gasteiger charge is -2.07. The number of nitriles is 1. The van der Waals surface area contributed by atoms with Crippen LogP contribution in [0.1, 0.15) is 5.56 Å². The molecule has 0 aliphatic rings. The smallest absolute Gasteiger partial charge is 0.126 e.